The Morgan fingerprint density at radius 2 is 1.51 bits per heavy atom. The lowest BCUT2D eigenvalue weighted by Crippen LogP contribution is -2.28. The average Bonchev–Trinajstić information content (AvgIpc) is 2.94. The van der Waals surface area contributed by atoms with E-state index in [2.05, 4.69) is 62.2 Å². The molecule has 2 aromatic carbocycles. The highest BCUT2D eigenvalue weighted by atomic mass is 16.5. The lowest BCUT2D eigenvalue weighted by Gasteiger charge is -2.28. The van der Waals surface area contributed by atoms with Crippen LogP contribution in [0.2, 0.25) is 0 Å². The molecule has 1 unspecified atom stereocenters. The first kappa shape index (κ1) is 32.6. The van der Waals surface area contributed by atoms with Gasteiger partial charge in [0.2, 0.25) is 5.91 Å². The highest BCUT2D eigenvalue weighted by molar-refractivity contribution is 5.91. The Labute approximate surface area is 250 Å². The van der Waals surface area contributed by atoms with Gasteiger partial charge in [-0.05, 0) is 60.7 Å². The highest BCUT2D eigenvalue weighted by Gasteiger charge is 2.24. The van der Waals surface area contributed by atoms with Gasteiger partial charge in [0.05, 0.1) is 13.2 Å². The number of benzene rings is 2. The first-order chi connectivity index (χ1) is 19.9. The molecule has 1 amide bonds. The number of unbranched alkanes of at least 4 members (excludes halogenated alkanes) is 11. The van der Waals surface area contributed by atoms with Crippen LogP contribution in [0.3, 0.4) is 0 Å². The third-order valence-electron chi connectivity index (χ3n) is 8.06. The number of amides is 1. The second kappa shape index (κ2) is 17.8. The molecule has 0 saturated carbocycles. The quantitative estimate of drug-likeness (QED) is 0.161. The standard InChI is InChI=1S/C37H54N2O2/c1-5-6-7-8-9-10-11-12-13-14-15-16-24-41-36-22-20-33(21-23-36)29-39(32(3)40)35-19-17-18-34(25-35)27-37(4)26-31(2)28-38-30-37/h17-23,25-26,28H,5-16,24,27,29-30H2,1-4H3. The van der Waals surface area contributed by atoms with Crippen molar-refractivity contribution in [1.82, 2.24) is 0 Å². The van der Waals surface area contributed by atoms with Crippen molar-refractivity contribution in [3.63, 3.8) is 0 Å². The molecule has 0 bridgehead atoms. The van der Waals surface area contributed by atoms with Gasteiger partial charge in [0.25, 0.3) is 0 Å². The van der Waals surface area contributed by atoms with E-state index in [-0.39, 0.29) is 11.3 Å². The minimum atomic E-state index is 0.00157. The molecular formula is C37H54N2O2. The maximum Gasteiger partial charge on any atom is 0.224 e. The summed E-state index contributed by atoms with van der Waals surface area (Å²) in [5.74, 6) is 0.943. The molecule has 224 valence electrons. The molecule has 3 rings (SSSR count). The van der Waals surface area contributed by atoms with Crippen LogP contribution in [0.4, 0.5) is 5.69 Å². The van der Waals surface area contributed by atoms with E-state index in [0.29, 0.717) is 6.54 Å². The van der Waals surface area contributed by atoms with Gasteiger partial charge in [0.15, 0.2) is 0 Å². The molecule has 4 nitrogen and oxygen atoms in total. The molecule has 1 atom stereocenters. The van der Waals surface area contributed by atoms with E-state index in [1.807, 2.05) is 29.3 Å². The van der Waals surface area contributed by atoms with Crippen LogP contribution in [-0.2, 0) is 17.8 Å². The zero-order valence-corrected chi connectivity index (χ0v) is 26.3. The minimum Gasteiger partial charge on any atom is -0.494 e. The van der Waals surface area contributed by atoms with Gasteiger partial charge in [-0.3, -0.25) is 9.79 Å². The van der Waals surface area contributed by atoms with E-state index in [4.69, 9.17) is 4.74 Å². The van der Waals surface area contributed by atoms with Crippen LogP contribution in [0.15, 0.2) is 65.2 Å². The fourth-order valence-electron chi connectivity index (χ4n) is 5.83. The van der Waals surface area contributed by atoms with E-state index in [1.54, 1.807) is 6.92 Å². The predicted molar refractivity (Wildman–Crippen MR) is 175 cm³/mol. The largest absolute Gasteiger partial charge is 0.494 e. The van der Waals surface area contributed by atoms with Crippen LogP contribution in [-0.4, -0.2) is 25.3 Å². The first-order valence-corrected chi connectivity index (χ1v) is 16.2. The Hall–Kier alpha value is -2.88. The molecule has 0 spiro atoms. The Morgan fingerprint density at radius 1 is 0.878 bits per heavy atom. The number of allylic oxidation sites excluding steroid dienone is 1. The maximum atomic E-state index is 12.6. The number of dihydropyridines is 1. The van der Waals surface area contributed by atoms with Crippen LogP contribution in [0.1, 0.15) is 116 Å². The van der Waals surface area contributed by atoms with Gasteiger partial charge in [0.1, 0.15) is 5.75 Å². The number of hydrogen-bond donors (Lipinski definition) is 0. The van der Waals surface area contributed by atoms with Crippen molar-refractivity contribution in [2.75, 3.05) is 18.1 Å². The van der Waals surface area contributed by atoms with E-state index in [1.165, 1.54) is 81.8 Å². The summed E-state index contributed by atoms with van der Waals surface area (Å²) < 4.78 is 6.00. The summed E-state index contributed by atoms with van der Waals surface area (Å²) in [6, 6.07) is 16.6. The molecule has 41 heavy (non-hydrogen) atoms. The van der Waals surface area contributed by atoms with Gasteiger partial charge < -0.3 is 9.64 Å². The van der Waals surface area contributed by atoms with Crippen LogP contribution in [0.25, 0.3) is 0 Å². The molecule has 1 aliphatic heterocycles. The molecule has 2 aromatic rings. The number of carbonyl (C=O) groups is 1. The van der Waals surface area contributed by atoms with Gasteiger partial charge in [0, 0.05) is 30.8 Å². The average molecular weight is 559 g/mol. The third-order valence-corrected chi connectivity index (χ3v) is 8.06. The molecule has 0 aromatic heterocycles. The topological polar surface area (TPSA) is 41.9 Å². The van der Waals surface area contributed by atoms with Crippen LogP contribution in [0.5, 0.6) is 5.75 Å². The van der Waals surface area contributed by atoms with Gasteiger partial charge in [-0.25, -0.2) is 0 Å². The van der Waals surface area contributed by atoms with Gasteiger partial charge >= 0.3 is 0 Å². The van der Waals surface area contributed by atoms with Crippen LogP contribution >= 0.6 is 0 Å². The summed E-state index contributed by atoms with van der Waals surface area (Å²) in [4.78, 5) is 19.0. The van der Waals surface area contributed by atoms with Crippen molar-refractivity contribution in [2.24, 2.45) is 10.4 Å². The number of aliphatic imine (C=N–C) groups is 1. The number of anilines is 1. The molecule has 0 N–H and O–H groups in total. The number of ether oxygens (including phenoxy) is 1. The zero-order valence-electron chi connectivity index (χ0n) is 26.3. The molecule has 1 aliphatic rings. The smallest absolute Gasteiger partial charge is 0.224 e. The lowest BCUT2D eigenvalue weighted by atomic mass is 9.81. The fourth-order valence-corrected chi connectivity index (χ4v) is 5.83. The Bertz CT molecular complexity index is 1100. The Balaban J connectivity index is 1.38. The Kier molecular flexibility index (Phi) is 14.2. The monoisotopic (exact) mass is 558 g/mol. The molecule has 1 heterocycles. The van der Waals surface area contributed by atoms with Crippen LogP contribution < -0.4 is 9.64 Å². The Morgan fingerprint density at radius 3 is 2.12 bits per heavy atom. The van der Waals surface area contributed by atoms with E-state index >= 15 is 0 Å². The summed E-state index contributed by atoms with van der Waals surface area (Å²) in [6.45, 7) is 10.4. The minimum absolute atomic E-state index is 0.00157. The summed E-state index contributed by atoms with van der Waals surface area (Å²) in [7, 11) is 0. The van der Waals surface area contributed by atoms with Gasteiger partial charge in [-0.2, -0.15) is 0 Å². The fraction of sp³-hybridized carbons (Fsp3) is 0.568. The molecular weight excluding hydrogens is 504 g/mol. The number of nitrogens with zero attached hydrogens (tertiary/aromatic N) is 2. The second-order valence-electron chi connectivity index (χ2n) is 12.3. The predicted octanol–water partition coefficient (Wildman–Crippen LogP) is 9.90. The molecule has 0 aliphatic carbocycles. The summed E-state index contributed by atoms with van der Waals surface area (Å²) in [5.41, 5.74) is 4.46. The molecule has 0 radical (unpaired) electrons. The van der Waals surface area contributed by atoms with Crippen molar-refractivity contribution in [2.45, 2.75) is 118 Å². The van der Waals surface area contributed by atoms with E-state index in [0.717, 1.165) is 43.0 Å². The number of carbonyl (C=O) groups excluding carboxylic acids is 1. The van der Waals surface area contributed by atoms with E-state index < -0.39 is 0 Å². The summed E-state index contributed by atoms with van der Waals surface area (Å²) >= 11 is 0. The van der Waals surface area contributed by atoms with Crippen molar-refractivity contribution < 1.29 is 9.53 Å². The SMILES string of the molecule is CCCCCCCCCCCCCCOc1ccc(CN(C(C)=O)c2cccc(CC3(C)C=C(C)C=NC3)c2)cc1. The lowest BCUT2D eigenvalue weighted by molar-refractivity contribution is -0.116. The number of hydrogen-bond acceptors (Lipinski definition) is 3. The van der Waals surface area contributed by atoms with E-state index in [9.17, 15) is 4.79 Å². The second-order valence-corrected chi connectivity index (χ2v) is 12.3. The van der Waals surface area contributed by atoms with Gasteiger partial charge in [-0.1, -0.05) is 115 Å². The summed E-state index contributed by atoms with van der Waals surface area (Å²) in [6.07, 6.45) is 21.3. The first-order valence-electron chi connectivity index (χ1n) is 16.2. The maximum absolute atomic E-state index is 12.6. The zero-order chi connectivity index (χ0) is 29.3. The summed E-state index contributed by atoms with van der Waals surface area (Å²) in [5, 5.41) is 0. The third kappa shape index (κ3) is 12.3. The van der Waals surface area contributed by atoms with Crippen molar-refractivity contribution in [3.8, 4) is 5.75 Å². The number of rotatable bonds is 19. The van der Waals surface area contributed by atoms with Crippen LogP contribution in [0, 0.1) is 5.41 Å². The molecule has 0 saturated heterocycles. The molecule has 0 fully saturated rings. The van der Waals surface area contributed by atoms with Crippen molar-refractivity contribution in [3.05, 3.63) is 71.3 Å². The highest BCUT2D eigenvalue weighted by Crippen LogP contribution is 2.30. The van der Waals surface area contributed by atoms with Gasteiger partial charge in [-0.15, -0.1) is 0 Å². The van der Waals surface area contributed by atoms with Crippen molar-refractivity contribution >= 4 is 17.8 Å². The normalized spacial score (nSPS) is 16.4. The van der Waals surface area contributed by atoms with Crippen molar-refractivity contribution in [1.29, 1.82) is 0 Å². The molecule has 4 heteroatoms.